The monoisotopic (exact) mass is 449 g/mol. The van der Waals surface area contributed by atoms with Crippen molar-refractivity contribution in [3.8, 4) is 28.1 Å². The van der Waals surface area contributed by atoms with Crippen LogP contribution in [0.4, 0.5) is 10.2 Å². The van der Waals surface area contributed by atoms with Crippen molar-refractivity contribution < 1.29 is 9.50 Å². The lowest BCUT2D eigenvalue weighted by Crippen LogP contribution is -2.57. The molecule has 3 heterocycles. The van der Waals surface area contributed by atoms with Gasteiger partial charge in [0.2, 0.25) is 0 Å². The Labute approximate surface area is 192 Å². The SMILES string of the molecule is CN(c1ccc(-c2ccc(-c3ccn(C)c(=O)c3)cc2O)nn1)[C@@H]1C2CN(C)[C@](C)(C2)[C@H]1F. The Morgan fingerprint density at radius 1 is 1.12 bits per heavy atom. The van der Waals surface area contributed by atoms with Gasteiger partial charge in [-0.3, -0.25) is 9.69 Å². The van der Waals surface area contributed by atoms with Gasteiger partial charge < -0.3 is 14.6 Å². The highest BCUT2D eigenvalue weighted by atomic mass is 19.1. The van der Waals surface area contributed by atoms with E-state index in [9.17, 15) is 9.90 Å². The number of alkyl halides is 1. The van der Waals surface area contributed by atoms with E-state index in [1.165, 1.54) is 10.6 Å². The maximum atomic E-state index is 15.3. The minimum Gasteiger partial charge on any atom is -0.507 e. The molecule has 2 bridgehead atoms. The Kier molecular flexibility index (Phi) is 5.01. The van der Waals surface area contributed by atoms with Crippen LogP contribution in [0.3, 0.4) is 0 Å². The number of hydrogen-bond donors (Lipinski definition) is 1. The zero-order chi connectivity index (χ0) is 23.5. The summed E-state index contributed by atoms with van der Waals surface area (Å²) in [7, 11) is 5.56. The molecule has 1 N–H and O–H groups in total. The van der Waals surface area contributed by atoms with E-state index in [1.807, 2.05) is 44.1 Å². The number of aromatic hydroxyl groups is 1. The van der Waals surface area contributed by atoms with Crippen molar-refractivity contribution in [2.45, 2.75) is 31.1 Å². The summed E-state index contributed by atoms with van der Waals surface area (Å²) in [6, 6.07) is 12.0. The fourth-order valence-corrected chi connectivity index (χ4v) is 5.45. The summed E-state index contributed by atoms with van der Waals surface area (Å²) < 4.78 is 16.8. The van der Waals surface area contributed by atoms with E-state index in [2.05, 4.69) is 15.1 Å². The number of piperidine rings is 1. The maximum absolute atomic E-state index is 15.3. The Bertz CT molecular complexity index is 1260. The van der Waals surface area contributed by atoms with Gasteiger partial charge in [-0.15, -0.1) is 10.2 Å². The summed E-state index contributed by atoms with van der Waals surface area (Å²) in [5, 5.41) is 19.3. The number of halogens is 1. The molecular formula is C25H28FN5O2. The van der Waals surface area contributed by atoms with Crippen LogP contribution < -0.4 is 10.5 Å². The van der Waals surface area contributed by atoms with Gasteiger partial charge in [-0.1, -0.05) is 6.07 Å². The summed E-state index contributed by atoms with van der Waals surface area (Å²) in [5.74, 6) is 0.922. The molecule has 5 rings (SSSR count). The van der Waals surface area contributed by atoms with E-state index in [-0.39, 0.29) is 23.3 Å². The Morgan fingerprint density at radius 3 is 2.48 bits per heavy atom. The number of hydrogen-bond acceptors (Lipinski definition) is 6. The number of nitrogens with zero attached hydrogens (tertiary/aromatic N) is 5. The van der Waals surface area contributed by atoms with Crippen LogP contribution in [0, 0.1) is 5.92 Å². The molecule has 0 radical (unpaired) electrons. The van der Waals surface area contributed by atoms with Crippen molar-refractivity contribution in [3.63, 3.8) is 0 Å². The lowest BCUT2D eigenvalue weighted by Gasteiger charge is -2.42. The molecule has 0 spiro atoms. The first kappa shape index (κ1) is 21.6. The molecule has 8 heteroatoms. The summed E-state index contributed by atoms with van der Waals surface area (Å²) in [6.45, 7) is 2.88. The van der Waals surface area contributed by atoms with E-state index in [4.69, 9.17) is 0 Å². The molecule has 2 aromatic heterocycles. The Morgan fingerprint density at radius 2 is 1.88 bits per heavy atom. The number of benzene rings is 1. The van der Waals surface area contributed by atoms with E-state index < -0.39 is 11.7 Å². The first-order chi connectivity index (χ1) is 15.7. The van der Waals surface area contributed by atoms with Gasteiger partial charge in [0, 0.05) is 38.5 Å². The molecule has 1 saturated carbocycles. The van der Waals surface area contributed by atoms with Crippen LogP contribution in [0.2, 0.25) is 0 Å². The van der Waals surface area contributed by atoms with Gasteiger partial charge >= 0.3 is 0 Å². The Hall–Kier alpha value is -3.26. The number of fused-ring (bicyclic) bond motifs is 2. The normalized spacial score (nSPS) is 26.6. The van der Waals surface area contributed by atoms with E-state index in [1.54, 1.807) is 31.4 Å². The number of likely N-dealkylation sites (tertiary alicyclic amines) is 1. The first-order valence-electron chi connectivity index (χ1n) is 11.1. The lowest BCUT2D eigenvalue weighted by molar-refractivity contribution is 0.0572. The molecule has 0 amide bonds. The molecule has 2 fully saturated rings. The van der Waals surface area contributed by atoms with E-state index >= 15 is 4.39 Å². The predicted molar refractivity (Wildman–Crippen MR) is 126 cm³/mol. The van der Waals surface area contributed by atoms with Crippen LogP contribution in [0.15, 0.2) is 53.5 Å². The number of phenolic OH excluding ortho intramolecular Hbond substituents is 1. The lowest BCUT2D eigenvalue weighted by atomic mass is 9.95. The quantitative estimate of drug-likeness (QED) is 0.660. The van der Waals surface area contributed by atoms with Gasteiger partial charge in [0.05, 0.1) is 17.3 Å². The largest absolute Gasteiger partial charge is 0.507 e. The van der Waals surface area contributed by atoms with Crippen molar-refractivity contribution in [2.24, 2.45) is 13.0 Å². The van der Waals surface area contributed by atoms with E-state index in [0.29, 0.717) is 17.1 Å². The number of aromatic nitrogens is 3. The minimum absolute atomic E-state index is 0.0523. The topological polar surface area (TPSA) is 74.5 Å². The molecule has 1 aliphatic carbocycles. The number of rotatable bonds is 4. The van der Waals surface area contributed by atoms with Crippen molar-refractivity contribution in [3.05, 3.63) is 59.0 Å². The zero-order valence-corrected chi connectivity index (χ0v) is 19.2. The zero-order valence-electron chi connectivity index (χ0n) is 19.2. The Balaban J connectivity index is 1.37. The summed E-state index contributed by atoms with van der Waals surface area (Å²) >= 11 is 0. The number of phenols is 1. The van der Waals surface area contributed by atoms with Crippen LogP contribution in [0.25, 0.3) is 22.4 Å². The fourth-order valence-electron chi connectivity index (χ4n) is 5.45. The van der Waals surface area contributed by atoms with Crippen LogP contribution in [-0.2, 0) is 7.05 Å². The van der Waals surface area contributed by atoms with Crippen LogP contribution in [0.5, 0.6) is 5.75 Å². The summed E-state index contributed by atoms with van der Waals surface area (Å²) in [4.78, 5) is 15.9. The summed E-state index contributed by atoms with van der Waals surface area (Å²) in [5.41, 5.74) is 2.00. The molecular weight excluding hydrogens is 421 g/mol. The molecule has 1 aliphatic heterocycles. The molecule has 172 valence electrons. The molecule has 1 saturated heterocycles. The average Bonchev–Trinajstić information content (AvgIpc) is 3.23. The number of pyridine rings is 1. The van der Waals surface area contributed by atoms with Crippen LogP contribution in [0.1, 0.15) is 13.3 Å². The molecule has 1 unspecified atom stereocenters. The fraction of sp³-hybridized carbons (Fsp3) is 0.400. The molecule has 33 heavy (non-hydrogen) atoms. The van der Waals surface area contributed by atoms with Crippen molar-refractivity contribution in [1.29, 1.82) is 0 Å². The minimum atomic E-state index is -0.959. The maximum Gasteiger partial charge on any atom is 0.250 e. The molecule has 4 atom stereocenters. The standard InChI is InChI=1S/C25H28FN5O2/c1-25-13-17(14-30(25)3)23(24(25)26)31(4)21-8-7-19(27-28-21)18-6-5-15(11-20(18)32)16-9-10-29(2)22(33)12-16/h5-12,17,23-24,32H,13-14H2,1-4H3/t17?,23-,24+,25-/m1/s1. The number of aryl methyl sites for hydroxylation is 1. The smallest absolute Gasteiger partial charge is 0.250 e. The third-order valence-corrected chi connectivity index (χ3v) is 7.60. The van der Waals surface area contributed by atoms with Gasteiger partial charge in [0.15, 0.2) is 5.82 Å². The second kappa shape index (κ2) is 7.66. The second-order valence-electron chi connectivity index (χ2n) is 9.58. The van der Waals surface area contributed by atoms with Gasteiger partial charge in [-0.05, 0) is 67.8 Å². The van der Waals surface area contributed by atoms with Gasteiger partial charge in [0.25, 0.3) is 5.56 Å². The highest BCUT2D eigenvalue weighted by Gasteiger charge is 2.60. The van der Waals surface area contributed by atoms with Crippen LogP contribution in [-0.4, -0.2) is 63.2 Å². The van der Waals surface area contributed by atoms with Crippen molar-refractivity contribution in [2.75, 3.05) is 25.5 Å². The third-order valence-electron chi connectivity index (χ3n) is 7.60. The first-order valence-corrected chi connectivity index (χ1v) is 11.1. The van der Waals surface area contributed by atoms with Gasteiger partial charge in [-0.25, -0.2) is 4.39 Å². The van der Waals surface area contributed by atoms with Crippen molar-refractivity contribution >= 4 is 5.82 Å². The highest BCUT2D eigenvalue weighted by Crippen LogP contribution is 2.49. The van der Waals surface area contributed by atoms with E-state index in [0.717, 1.165) is 24.1 Å². The highest BCUT2D eigenvalue weighted by molar-refractivity contribution is 5.74. The second-order valence-corrected chi connectivity index (χ2v) is 9.58. The average molecular weight is 450 g/mol. The molecule has 3 aromatic rings. The summed E-state index contributed by atoms with van der Waals surface area (Å²) in [6.07, 6.45) is 1.58. The van der Waals surface area contributed by atoms with Crippen LogP contribution >= 0.6 is 0 Å². The predicted octanol–water partition coefficient (Wildman–Crippen LogP) is 3.08. The molecule has 1 aromatic carbocycles. The molecule has 7 nitrogen and oxygen atoms in total. The van der Waals surface area contributed by atoms with Gasteiger partial charge in [-0.2, -0.15) is 0 Å². The van der Waals surface area contributed by atoms with Crippen molar-refractivity contribution in [1.82, 2.24) is 19.7 Å². The third kappa shape index (κ3) is 3.40. The number of anilines is 1. The van der Waals surface area contributed by atoms with Gasteiger partial charge in [0.1, 0.15) is 11.9 Å². The molecule has 2 aliphatic rings.